The maximum Gasteiger partial charge on any atom is 0.302 e. The quantitative estimate of drug-likeness (QED) is 0.561. The maximum absolute atomic E-state index is 10.8. The van der Waals surface area contributed by atoms with E-state index >= 15 is 0 Å². The molecule has 0 amide bonds. The van der Waals surface area contributed by atoms with Gasteiger partial charge in [-0.25, -0.2) is 0 Å². The third-order valence-electron chi connectivity index (χ3n) is 3.33. The first-order valence-corrected chi connectivity index (χ1v) is 4.94. The van der Waals surface area contributed by atoms with E-state index in [0.29, 0.717) is 5.92 Å². The van der Waals surface area contributed by atoms with E-state index in [1.165, 1.54) is 32.6 Å². The molecule has 0 heterocycles. The molecule has 0 aromatic carbocycles. The molecule has 68 valence electrons. The van der Waals surface area contributed by atoms with Crippen molar-refractivity contribution < 1.29 is 9.53 Å². The molecule has 0 aromatic heterocycles. The summed E-state index contributed by atoms with van der Waals surface area (Å²) in [5.41, 5.74) is 0. The zero-order valence-electron chi connectivity index (χ0n) is 7.58. The van der Waals surface area contributed by atoms with Gasteiger partial charge >= 0.3 is 5.97 Å². The number of esters is 1. The third-order valence-corrected chi connectivity index (χ3v) is 3.33. The molecule has 2 aliphatic carbocycles. The van der Waals surface area contributed by atoms with Crippen molar-refractivity contribution in [3.8, 4) is 0 Å². The van der Waals surface area contributed by atoms with Crippen molar-refractivity contribution in [2.75, 3.05) is 0 Å². The molecule has 2 rings (SSSR count). The first-order chi connectivity index (χ1) is 5.77. The van der Waals surface area contributed by atoms with Gasteiger partial charge < -0.3 is 4.74 Å². The van der Waals surface area contributed by atoms with Gasteiger partial charge in [0.15, 0.2) is 0 Å². The summed E-state index contributed by atoms with van der Waals surface area (Å²) in [6, 6.07) is 0. The fraction of sp³-hybridized carbons (Fsp3) is 0.900. The average Bonchev–Trinajstić information content (AvgIpc) is 1.91. The molecule has 0 spiro atoms. The third kappa shape index (κ3) is 1.35. The van der Waals surface area contributed by atoms with Gasteiger partial charge in [0.25, 0.3) is 0 Å². The van der Waals surface area contributed by atoms with Crippen LogP contribution in [0.3, 0.4) is 0 Å². The minimum Gasteiger partial charge on any atom is -0.462 e. The molecule has 0 aliphatic heterocycles. The normalized spacial score (nSPS) is 39.6. The van der Waals surface area contributed by atoms with Gasteiger partial charge in [-0.1, -0.05) is 0 Å². The second kappa shape index (κ2) is 3.08. The Morgan fingerprint density at radius 2 is 2.08 bits per heavy atom. The Morgan fingerprint density at radius 1 is 1.25 bits per heavy atom. The van der Waals surface area contributed by atoms with Crippen molar-refractivity contribution in [2.24, 2.45) is 11.8 Å². The number of ether oxygens (including phenoxy) is 1. The number of rotatable bonds is 1. The molecule has 12 heavy (non-hydrogen) atoms. The van der Waals surface area contributed by atoms with E-state index in [9.17, 15) is 4.79 Å². The molecule has 2 saturated carbocycles. The molecule has 0 aromatic rings. The van der Waals surface area contributed by atoms with Gasteiger partial charge in [-0.3, -0.25) is 4.79 Å². The summed E-state index contributed by atoms with van der Waals surface area (Å²) in [5.74, 6) is 1.48. The van der Waals surface area contributed by atoms with Crippen LogP contribution in [0.1, 0.15) is 39.0 Å². The molecule has 0 radical (unpaired) electrons. The Bertz CT molecular complexity index is 188. The van der Waals surface area contributed by atoms with Crippen LogP contribution in [0.5, 0.6) is 0 Å². The second-order valence-electron chi connectivity index (χ2n) is 4.08. The molecular weight excluding hydrogens is 152 g/mol. The molecule has 0 unspecified atom stereocenters. The van der Waals surface area contributed by atoms with E-state index in [4.69, 9.17) is 4.74 Å². The van der Waals surface area contributed by atoms with Crippen molar-refractivity contribution in [3.63, 3.8) is 0 Å². The molecule has 0 N–H and O–H groups in total. The van der Waals surface area contributed by atoms with Crippen LogP contribution >= 0.6 is 0 Å². The molecular formula is C10H16O2. The first kappa shape index (κ1) is 8.09. The molecule has 2 fully saturated rings. The Morgan fingerprint density at radius 3 is 2.67 bits per heavy atom. The molecule has 0 saturated heterocycles. The van der Waals surface area contributed by atoms with E-state index in [1.54, 1.807) is 0 Å². The first-order valence-electron chi connectivity index (χ1n) is 4.94. The average molecular weight is 168 g/mol. The largest absolute Gasteiger partial charge is 0.462 e. The van der Waals surface area contributed by atoms with E-state index < -0.39 is 0 Å². The maximum atomic E-state index is 10.8. The SMILES string of the molecule is CC(=O)O[C@@H]1CCC[C@@H]2CC[C@@H]21. The van der Waals surface area contributed by atoms with E-state index in [0.717, 1.165) is 12.3 Å². The van der Waals surface area contributed by atoms with Crippen LogP contribution < -0.4 is 0 Å². The Labute approximate surface area is 73.3 Å². The molecule has 2 aliphatic rings. The van der Waals surface area contributed by atoms with Crippen LogP contribution in [0.15, 0.2) is 0 Å². The topological polar surface area (TPSA) is 26.3 Å². The molecule has 2 heteroatoms. The van der Waals surface area contributed by atoms with Gasteiger partial charge in [0.2, 0.25) is 0 Å². The van der Waals surface area contributed by atoms with Crippen molar-refractivity contribution in [1.29, 1.82) is 0 Å². The van der Waals surface area contributed by atoms with Gasteiger partial charge in [-0.15, -0.1) is 0 Å². The zero-order chi connectivity index (χ0) is 8.55. The minimum atomic E-state index is -0.104. The summed E-state index contributed by atoms with van der Waals surface area (Å²) in [6.45, 7) is 1.52. The lowest BCUT2D eigenvalue weighted by atomic mass is 9.64. The number of hydrogen-bond acceptors (Lipinski definition) is 2. The number of hydrogen-bond donors (Lipinski definition) is 0. The van der Waals surface area contributed by atoms with Crippen molar-refractivity contribution in [2.45, 2.75) is 45.1 Å². The number of fused-ring (bicyclic) bond motifs is 1. The van der Waals surface area contributed by atoms with Gasteiger partial charge in [0.1, 0.15) is 6.10 Å². The fourth-order valence-corrected chi connectivity index (χ4v) is 2.60. The number of carbonyl (C=O) groups excluding carboxylic acids is 1. The van der Waals surface area contributed by atoms with Crippen LogP contribution in [0.25, 0.3) is 0 Å². The minimum absolute atomic E-state index is 0.104. The van der Waals surface area contributed by atoms with Crippen molar-refractivity contribution in [1.82, 2.24) is 0 Å². The van der Waals surface area contributed by atoms with E-state index in [2.05, 4.69) is 0 Å². The Balaban J connectivity index is 1.91. The Kier molecular flexibility index (Phi) is 2.07. The second-order valence-corrected chi connectivity index (χ2v) is 4.08. The highest BCUT2D eigenvalue weighted by atomic mass is 16.5. The summed E-state index contributed by atoms with van der Waals surface area (Å²) >= 11 is 0. The predicted octanol–water partition coefficient (Wildman–Crippen LogP) is 2.13. The lowest BCUT2D eigenvalue weighted by Gasteiger charge is -2.45. The molecule has 3 atom stereocenters. The summed E-state index contributed by atoms with van der Waals surface area (Å²) in [4.78, 5) is 10.8. The van der Waals surface area contributed by atoms with E-state index in [1.807, 2.05) is 0 Å². The predicted molar refractivity (Wildman–Crippen MR) is 45.6 cm³/mol. The molecule has 0 bridgehead atoms. The van der Waals surface area contributed by atoms with Crippen LogP contribution in [-0.2, 0) is 9.53 Å². The Hall–Kier alpha value is -0.530. The fourth-order valence-electron chi connectivity index (χ4n) is 2.60. The van der Waals surface area contributed by atoms with Crippen LogP contribution in [-0.4, -0.2) is 12.1 Å². The summed E-state index contributed by atoms with van der Waals surface area (Å²) < 4.78 is 5.29. The highest BCUT2D eigenvalue weighted by Gasteiger charge is 2.40. The van der Waals surface area contributed by atoms with Crippen molar-refractivity contribution in [3.05, 3.63) is 0 Å². The lowest BCUT2D eigenvalue weighted by Crippen LogP contribution is -2.41. The van der Waals surface area contributed by atoms with Gasteiger partial charge in [-0.05, 0) is 43.9 Å². The highest BCUT2D eigenvalue weighted by Crippen LogP contribution is 2.45. The van der Waals surface area contributed by atoms with Gasteiger partial charge in [-0.2, -0.15) is 0 Å². The standard InChI is InChI=1S/C10H16O2/c1-7(11)12-10-4-2-3-8-5-6-9(8)10/h8-10H,2-6H2,1H3/t8-,9+,10-/m1/s1. The van der Waals surface area contributed by atoms with Crippen molar-refractivity contribution >= 4 is 5.97 Å². The van der Waals surface area contributed by atoms with Gasteiger partial charge in [0, 0.05) is 6.92 Å². The highest BCUT2D eigenvalue weighted by molar-refractivity contribution is 5.66. The lowest BCUT2D eigenvalue weighted by molar-refractivity contribution is -0.156. The van der Waals surface area contributed by atoms with Crippen LogP contribution in [0.4, 0.5) is 0 Å². The zero-order valence-corrected chi connectivity index (χ0v) is 7.58. The van der Waals surface area contributed by atoms with Crippen LogP contribution in [0, 0.1) is 11.8 Å². The summed E-state index contributed by atoms with van der Waals surface area (Å²) in [7, 11) is 0. The monoisotopic (exact) mass is 168 g/mol. The smallest absolute Gasteiger partial charge is 0.302 e. The molecule has 2 nitrogen and oxygen atoms in total. The van der Waals surface area contributed by atoms with Crippen LogP contribution in [0.2, 0.25) is 0 Å². The summed E-state index contributed by atoms with van der Waals surface area (Å²) in [5, 5.41) is 0. The van der Waals surface area contributed by atoms with Gasteiger partial charge in [0.05, 0.1) is 0 Å². The number of carbonyl (C=O) groups is 1. The van der Waals surface area contributed by atoms with E-state index in [-0.39, 0.29) is 12.1 Å². The summed E-state index contributed by atoms with van der Waals surface area (Å²) in [6.07, 6.45) is 6.61.